The van der Waals surface area contributed by atoms with Gasteiger partial charge in [0.05, 0.1) is 0 Å². The zero-order valence-corrected chi connectivity index (χ0v) is 19.4. The standard InChI is InChI=1S/C22H19NO5.2C2H6/c1-23(2)16-6-3-14(4-7-16)19(24)11-8-17-9-12-21(28-17)15-5-10-20(25)18(13-15)22(26)27;2*1-2/h3-13,25H,1-2H3,(H,26,27);2*1-2H3/b11-8+;;. The van der Waals surface area contributed by atoms with Crippen LogP contribution < -0.4 is 4.90 Å². The van der Waals surface area contributed by atoms with E-state index in [1.807, 2.05) is 58.8 Å². The van der Waals surface area contributed by atoms with Crippen molar-refractivity contribution < 1.29 is 24.2 Å². The molecule has 0 fully saturated rings. The average Bonchev–Trinajstić information content (AvgIpc) is 3.29. The second kappa shape index (κ2) is 12.8. The molecule has 0 saturated carbocycles. The van der Waals surface area contributed by atoms with E-state index in [-0.39, 0.29) is 17.1 Å². The Morgan fingerprint density at radius 3 is 2.09 bits per heavy atom. The van der Waals surface area contributed by atoms with E-state index in [1.54, 1.807) is 36.4 Å². The fraction of sp³-hybridized carbons (Fsp3) is 0.231. The van der Waals surface area contributed by atoms with Crippen molar-refractivity contribution in [3.63, 3.8) is 0 Å². The molecule has 1 heterocycles. The number of nitrogens with zero attached hydrogens (tertiary/aromatic N) is 1. The number of ketones is 1. The molecule has 6 heteroatoms. The van der Waals surface area contributed by atoms with Crippen LogP contribution in [-0.2, 0) is 0 Å². The Kier molecular flexibility index (Phi) is 10.5. The van der Waals surface area contributed by atoms with Crippen LogP contribution in [0.5, 0.6) is 5.75 Å². The number of aromatic hydroxyl groups is 1. The molecule has 2 N–H and O–H groups in total. The monoisotopic (exact) mass is 437 g/mol. The Morgan fingerprint density at radius 2 is 1.53 bits per heavy atom. The first kappa shape index (κ1) is 26.2. The third-order valence-corrected chi connectivity index (χ3v) is 4.21. The molecule has 0 radical (unpaired) electrons. The van der Waals surface area contributed by atoms with Crippen LogP contribution in [0.3, 0.4) is 0 Å². The van der Waals surface area contributed by atoms with Crippen LogP contribution in [0, 0.1) is 0 Å². The number of carboxylic acid groups (broad SMARTS) is 1. The molecule has 6 nitrogen and oxygen atoms in total. The maximum atomic E-state index is 12.3. The first-order valence-electron chi connectivity index (χ1n) is 10.5. The summed E-state index contributed by atoms with van der Waals surface area (Å²) < 4.78 is 5.66. The van der Waals surface area contributed by atoms with E-state index in [2.05, 4.69) is 0 Å². The second-order valence-corrected chi connectivity index (χ2v) is 6.38. The smallest absolute Gasteiger partial charge is 0.339 e. The maximum absolute atomic E-state index is 12.3. The summed E-state index contributed by atoms with van der Waals surface area (Å²) in [5, 5.41) is 18.7. The fourth-order valence-electron chi connectivity index (χ4n) is 2.64. The van der Waals surface area contributed by atoms with Gasteiger partial charge in [-0.05, 0) is 66.7 Å². The number of carbonyl (C=O) groups is 2. The largest absolute Gasteiger partial charge is 0.507 e. The molecule has 3 rings (SSSR count). The fourth-order valence-corrected chi connectivity index (χ4v) is 2.64. The number of carbonyl (C=O) groups excluding carboxylic acids is 1. The third-order valence-electron chi connectivity index (χ3n) is 4.21. The van der Waals surface area contributed by atoms with Gasteiger partial charge in [-0.1, -0.05) is 27.7 Å². The van der Waals surface area contributed by atoms with E-state index < -0.39 is 5.97 Å². The zero-order valence-electron chi connectivity index (χ0n) is 19.4. The maximum Gasteiger partial charge on any atom is 0.339 e. The van der Waals surface area contributed by atoms with Crippen molar-refractivity contribution in [1.29, 1.82) is 0 Å². The molecule has 0 aliphatic rings. The van der Waals surface area contributed by atoms with Crippen LogP contribution in [0.15, 0.2) is 65.1 Å². The summed E-state index contributed by atoms with van der Waals surface area (Å²) in [6, 6.07) is 14.8. The van der Waals surface area contributed by atoms with Crippen molar-refractivity contribution in [2.75, 3.05) is 19.0 Å². The molecule has 0 atom stereocenters. The minimum Gasteiger partial charge on any atom is -0.507 e. The number of phenols is 1. The highest BCUT2D eigenvalue weighted by Crippen LogP contribution is 2.28. The van der Waals surface area contributed by atoms with Crippen LogP contribution in [0.2, 0.25) is 0 Å². The first-order valence-corrected chi connectivity index (χ1v) is 10.5. The Labute approximate surface area is 189 Å². The minimum atomic E-state index is -1.23. The molecule has 0 unspecified atom stereocenters. The second-order valence-electron chi connectivity index (χ2n) is 6.38. The lowest BCUT2D eigenvalue weighted by Gasteiger charge is -2.11. The Morgan fingerprint density at radius 1 is 0.906 bits per heavy atom. The summed E-state index contributed by atoms with van der Waals surface area (Å²) in [6.07, 6.45) is 2.98. The van der Waals surface area contributed by atoms with Gasteiger partial charge in [-0.15, -0.1) is 0 Å². The van der Waals surface area contributed by atoms with Crippen LogP contribution in [-0.4, -0.2) is 36.1 Å². The molecular weight excluding hydrogens is 406 g/mol. The van der Waals surface area contributed by atoms with E-state index in [1.165, 1.54) is 18.2 Å². The van der Waals surface area contributed by atoms with Gasteiger partial charge in [0.1, 0.15) is 22.8 Å². The van der Waals surface area contributed by atoms with Crippen molar-refractivity contribution in [2.45, 2.75) is 27.7 Å². The van der Waals surface area contributed by atoms with E-state index >= 15 is 0 Å². The Balaban J connectivity index is 0.00000121. The number of hydrogen-bond acceptors (Lipinski definition) is 5. The van der Waals surface area contributed by atoms with Gasteiger partial charge in [0, 0.05) is 30.9 Å². The van der Waals surface area contributed by atoms with Gasteiger partial charge in [0.2, 0.25) is 0 Å². The molecule has 0 amide bonds. The van der Waals surface area contributed by atoms with Crippen molar-refractivity contribution in [1.82, 2.24) is 0 Å². The van der Waals surface area contributed by atoms with Gasteiger partial charge in [-0.25, -0.2) is 4.79 Å². The summed E-state index contributed by atoms with van der Waals surface area (Å²) in [5.74, 6) is -0.796. The predicted octanol–water partition coefficient (Wildman–Crippen LogP) is 6.36. The normalized spacial score (nSPS) is 9.94. The number of anilines is 1. The number of furan rings is 1. The number of carboxylic acids is 1. The van der Waals surface area contributed by atoms with Gasteiger partial charge in [0.25, 0.3) is 0 Å². The molecule has 0 aliphatic heterocycles. The van der Waals surface area contributed by atoms with Crippen molar-refractivity contribution >= 4 is 23.5 Å². The van der Waals surface area contributed by atoms with Gasteiger partial charge in [0.15, 0.2) is 5.78 Å². The van der Waals surface area contributed by atoms with Crippen LogP contribution in [0.4, 0.5) is 5.69 Å². The Hall–Kier alpha value is -3.80. The average molecular weight is 438 g/mol. The molecule has 0 spiro atoms. The quantitative estimate of drug-likeness (QED) is 0.344. The number of aromatic carboxylic acids is 1. The summed E-state index contributed by atoms with van der Waals surface area (Å²) in [4.78, 5) is 25.4. The topological polar surface area (TPSA) is 91.0 Å². The Bertz CT molecular complexity index is 1050. The highest BCUT2D eigenvalue weighted by atomic mass is 16.4. The summed E-state index contributed by atoms with van der Waals surface area (Å²) in [6.45, 7) is 8.00. The van der Waals surface area contributed by atoms with Crippen LogP contribution >= 0.6 is 0 Å². The van der Waals surface area contributed by atoms with E-state index in [9.17, 15) is 14.7 Å². The molecule has 170 valence electrons. The van der Waals surface area contributed by atoms with E-state index in [0.717, 1.165) is 5.69 Å². The van der Waals surface area contributed by atoms with Crippen molar-refractivity contribution in [2.24, 2.45) is 0 Å². The molecule has 2 aromatic carbocycles. The highest BCUT2D eigenvalue weighted by molar-refractivity contribution is 6.06. The lowest BCUT2D eigenvalue weighted by molar-refractivity contribution is 0.0693. The van der Waals surface area contributed by atoms with Crippen molar-refractivity contribution in [3.8, 4) is 17.1 Å². The highest BCUT2D eigenvalue weighted by Gasteiger charge is 2.13. The van der Waals surface area contributed by atoms with Gasteiger partial charge in [-0.3, -0.25) is 4.79 Å². The summed E-state index contributed by atoms with van der Waals surface area (Å²) in [5.41, 5.74) is 1.88. The molecular formula is C26H31NO5. The summed E-state index contributed by atoms with van der Waals surface area (Å²) >= 11 is 0. The van der Waals surface area contributed by atoms with E-state index in [4.69, 9.17) is 9.52 Å². The molecule has 0 bridgehead atoms. The van der Waals surface area contributed by atoms with E-state index in [0.29, 0.717) is 22.6 Å². The number of allylic oxidation sites excluding steroid dienone is 1. The lowest BCUT2D eigenvalue weighted by Crippen LogP contribution is -2.08. The van der Waals surface area contributed by atoms with Crippen LogP contribution in [0.25, 0.3) is 17.4 Å². The molecule has 32 heavy (non-hydrogen) atoms. The van der Waals surface area contributed by atoms with Crippen molar-refractivity contribution in [3.05, 3.63) is 77.6 Å². The van der Waals surface area contributed by atoms with Gasteiger partial charge >= 0.3 is 5.97 Å². The number of hydrogen-bond donors (Lipinski definition) is 2. The van der Waals surface area contributed by atoms with Gasteiger partial charge in [-0.2, -0.15) is 0 Å². The molecule has 3 aromatic rings. The van der Waals surface area contributed by atoms with Crippen LogP contribution in [0.1, 0.15) is 54.2 Å². The number of rotatable bonds is 6. The third kappa shape index (κ3) is 6.87. The molecule has 0 aliphatic carbocycles. The molecule has 0 saturated heterocycles. The minimum absolute atomic E-state index is 0.152. The van der Waals surface area contributed by atoms with Gasteiger partial charge < -0.3 is 19.5 Å². The molecule has 1 aromatic heterocycles. The number of benzene rings is 2. The SMILES string of the molecule is CC.CC.CN(C)c1ccc(C(=O)/C=C/c2ccc(-c3ccc(O)c(C(=O)O)c3)o2)cc1. The lowest BCUT2D eigenvalue weighted by atomic mass is 10.1. The predicted molar refractivity (Wildman–Crippen MR) is 130 cm³/mol. The zero-order chi connectivity index (χ0) is 24.3. The summed E-state index contributed by atoms with van der Waals surface area (Å²) in [7, 11) is 3.86. The first-order chi connectivity index (χ1) is 15.3.